The summed E-state index contributed by atoms with van der Waals surface area (Å²) in [5.41, 5.74) is 0. The molecule has 0 aliphatic heterocycles. The van der Waals surface area contributed by atoms with E-state index in [1.165, 1.54) is 173 Å². The Morgan fingerprint density at radius 2 is 0.494 bits per heavy atom. The topological polar surface area (TPSA) is 78.9 Å². The number of allylic oxidation sites excluding steroid dienone is 16. The number of carbonyl (C=O) groups excluding carboxylic acids is 3. The van der Waals surface area contributed by atoms with Gasteiger partial charge in [-0.25, -0.2) is 0 Å². The van der Waals surface area contributed by atoms with E-state index in [2.05, 4.69) is 118 Å². The first-order chi connectivity index (χ1) is 39.0. The lowest BCUT2D eigenvalue weighted by molar-refractivity contribution is -0.167. The summed E-state index contributed by atoms with van der Waals surface area (Å²) < 4.78 is 16.8. The van der Waals surface area contributed by atoms with E-state index in [1.54, 1.807) is 0 Å². The van der Waals surface area contributed by atoms with Crippen molar-refractivity contribution in [3.05, 3.63) is 97.2 Å². The SMILES string of the molecule is CC/C=C\C/C=C\C/C=C\C/C=C\C/C=C\C/C=C\C/C=C\C/C=C\CCCCCCCCCCCCC(=O)OCC(COC(=O)CCCCCCC)OC(=O)CCCCCCCCCCCCCCCCCCCCCCC. The van der Waals surface area contributed by atoms with Crippen molar-refractivity contribution in [2.75, 3.05) is 13.2 Å². The van der Waals surface area contributed by atoms with Crippen molar-refractivity contribution in [3.8, 4) is 0 Å². The second kappa shape index (κ2) is 66.8. The minimum Gasteiger partial charge on any atom is -0.462 e. The molecule has 6 heteroatoms. The standard InChI is InChI=1S/C73H126O6/c1-4-7-10-13-15-17-19-21-23-25-27-29-30-31-32-33-34-35-36-37-38-39-40-41-42-44-45-47-49-51-53-55-57-60-63-66-72(75)78-69-70(68-77-71(74)65-62-59-12-9-6-3)79-73(76)67-64-61-58-56-54-52-50-48-46-43-28-26-24-22-20-18-16-14-11-8-5-2/h7,10,15,17,21,23,27,29,31-32,34-35,37-38,40-41,70H,4-6,8-9,11-14,16,18-20,22,24-26,28,30,33,36,39,42-69H2,1-3H3/b10-7-,17-15-,23-21-,29-27-,32-31-,35-34-,38-37-,41-40-. The van der Waals surface area contributed by atoms with E-state index >= 15 is 0 Å². The second-order valence-electron chi connectivity index (χ2n) is 22.4. The molecule has 0 aromatic rings. The van der Waals surface area contributed by atoms with Gasteiger partial charge in [-0.3, -0.25) is 14.4 Å². The molecule has 0 aliphatic rings. The van der Waals surface area contributed by atoms with Crippen LogP contribution in [-0.4, -0.2) is 37.2 Å². The summed E-state index contributed by atoms with van der Waals surface area (Å²) in [5, 5.41) is 0. The molecule has 1 atom stereocenters. The number of carbonyl (C=O) groups is 3. The number of hydrogen-bond donors (Lipinski definition) is 0. The van der Waals surface area contributed by atoms with Gasteiger partial charge in [-0.15, -0.1) is 0 Å². The summed E-state index contributed by atoms with van der Waals surface area (Å²) in [5.74, 6) is -0.880. The number of rotatable bonds is 61. The van der Waals surface area contributed by atoms with Crippen LogP contribution in [0.5, 0.6) is 0 Å². The van der Waals surface area contributed by atoms with E-state index in [-0.39, 0.29) is 31.1 Å². The maximum Gasteiger partial charge on any atom is 0.306 e. The lowest BCUT2D eigenvalue weighted by atomic mass is 10.0. The lowest BCUT2D eigenvalue weighted by Gasteiger charge is -2.18. The highest BCUT2D eigenvalue weighted by Gasteiger charge is 2.19. The van der Waals surface area contributed by atoms with E-state index in [4.69, 9.17) is 14.2 Å². The first-order valence-corrected chi connectivity index (χ1v) is 33.7. The fraction of sp³-hybridized carbons (Fsp3) is 0.740. The zero-order valence-electron chi connectivity index (χ0n) is 52.1. The average Bonchev–Trinajstić information content (AvgIpc) is 3.45. The van der Waals surface area contributed by atoms with Crippen LogP contribution in [0.15, 0.2) is 97.2 Å². The van der Waals surface area contributed by atoms with Crippen molar-refractivity contribution in [2.24, 2.45) is 0 Å². The first kappa shape index (κ1) is 75.3. The van der Waals surface area contributed by atoms with Crippen molar-refractivity contribution in [1.82, 2.24) is 0 Å². The fourth-order valence-electron chi connectivity index (χ4n) is 9.58. The Morgan fingerprint density at radius 3 is 0.772 bits per heavy atom. The van der Waals surface area contributed by atoms with Crippen molar-refractivity contribution in [3.63, 3.8) is 0 Å². The van der Waals surface area contributed by atoms with Crippen LogP contribution in [-0.2, 0) is 28.6 Å². The van der Waals surface area contributed by atoms with Gasteiger partial charge in [-0.2, -0.15) is 0 Å². The second-order valence-corrected chi connectivity index (χ2v) is 22.4. The molecule has 0 aliphatic carbocycles. The van der Waals surface area contributed by atoms with Crippen LogP contribution < -0.4 is 0 Å². The van der Waals surface area contributed by atoms with Gasteiger partial charge in [-0.1, -0.05) is 323 Å². The summed E-state index contributed by atoms with van der Waals surface area (Å²) in [4.78, 5) is 38.0. The number of esters is 3. The Bertz CT molecular complexity index is 1540. The fourth-order valence-corrected chi connectivity index (χ4v) is 9.58. The molecule has 454 valence electrons. The van der Waals surface area contributed by atoms with Crippen LogP contribution in [0, 0.1) is 0 Å². The number of ether oxygens (including phenoxy) is 3. The quantitative estimate of drug-likeness (QED) is 0.0261. The molecule has 0 amide bonds. The van der Waals surface area contributed by atoms with E-state index in [0.717, 1.165) is 116 Å². The minimum absolute atomic E-state index is 0.0751. The Balaban J connectivity index is 4.01. The smallest absolute Gasteiger partial charge is 0.306 e. The molecule has 1 unspecified atom stereocenters. The zero-order valence-corrected chi connectivity index (χ0v) is 52.1. The van der Waals surface area contributed by atoms with Crippen LogP contribution in [0.4, 0.5) is 0 Å². The summed E-state index contributed by atoms with van der Waals surface area (Å²) in [6.07, 6.45) is 90.5. The van der Waals surface area contributed by atoms with Crippen LogP contribution in [0.2, 0.25) is 0 Å². The number of hydrogen-bond acceptors (Lipinski definition) is 6. The molecule has 0 N–H and O–H groups in total. The van der Waals surface area contributed by atoms with Crippen LogP contribution in [0.3, 0.4) is 0 Å². The van der Waals surface area contributed by atoms with E-state index in [0.29, 0.717) is 19.3 Å². The van der Waals surface area contributed by atoms with Crippen molar-refractivity contribution in [2.45, 2.75) is 335 Å². The Hall–Kier alpha value is -3.67. The predicted molar refractivity (Wildman–Crippen MR) is 344 cm³/mol. The third kappa shape index (κ3) is 65.0. The van der Waals surface area contributed by atoms with Gasteiger partial charge in [0.2, 0.25) is 0 Å². The summed E-state index contributed by atoms with van der Waals surface area (Å²) in [6, 6.07) is 0. The van der Waals surface area contributed by atoms with Gasteiger partial charge in [0, 0.05) is 19.3 Å². The van der Waals surface area contributed by atoms with Gasteiger partial charge in [-0.05, 0) is 83.5 Å². The Labute approximate surface area is 489 Å². The van der Waals surface area contributed by atoms with E-state index in [9.17, 15) is 14.4 Å². The molecule has 0 aromatic heterocycles. The molecule has 0 rings (SSSR count). The molecule has 0 radical (unpaired) electrons. The normalized spacial score (nSPS) is 12.7. The summed E-state index contributed by atoms with van der Waals surface area (Å²) in [6.45, 7) is 6.48. The van der Waals surface area contributed by atoms with Gasteiger partial charge in [0.15, 0.2) is 6.10 Å². The highest BCUT2D eigenvalue weighted by molar-refractivity contribution is 5.71. The monoisotopic (exact) mass is 1100 g/mol. The highest BCUT2D eigenvalue weighted by atomic mass is 16.6. The first-order valence-electron chi connectivity index (χ1n) is 33.7. The predicted octanol–water partition coefficient (Wildman–Crippen LogP) is 23.2. The molecule has 6 nitrogen and oxygen atoms in total. The maximum atomic E-state index is 12.8. The third-order valence-electron chi connectivity index (χ3n) is 14.6. The van der Waals surface area contributed by atoms with Gasteiger partial charge >= 0.3 is 17.9 Å². The largest absolute Gasteiger partial charge is 0.462 e. The Morgan fingerprint density at radius 1 is 0.266 bits per heavy atom. The van der Waals surface area contributed by atoms with Crippen molar-refractivity contribution in [1.29, 1.82) is 0 Å². The molecule has 0 heterocycles. The van der Waals surface area contributed by atoms with Gasteiger partial charge < -0.3 is 14.2 Å². The summed E-state index contributed by atoms with van der Waals surface area (Å²) in [7, 11) is 0. The molecule has 0 saturated heterocycles. The lowest BCUT2D eigenvalue weighted by Crippen LogP contribution is -2.30. The third-order valence-corrected chi connectivity index (χ3v) is 14.6. The minimum atomic E-state index is -0.773. The van der Waals surface area contributed by atoms with Gasteiger partial charge in [0.05, 0.1) is 0 Å². The molecular formula is C73H126O6. The molecule has 79 heavy (non-hydrogen) atoms. The number of unbranched alkanes of at least 4 members (excludes halogenated alkanes) is 34. The summed E-state index contributed by atoms with van der Waals surface area (Å²) >= 11 is 0. The van der Waals surface area contributed by atoms with Crippen molar-refractivity contribution >= 4 is 17.9 Å². The maximum absolute atomic E-state index is 12.8. The van der Waals surface area contributed by atoms with Crippen LogP contribution in [0.25, 0.3) is 0 Å². The molecule has 0 aromatic carbocycles. The van der Waals surface area contributed by atoms with Crippen LogP contribution in [0.1, 0.15) is 329 Å². The van der Waals surface area contributed by atoms with Crippen molar-refractivity contribution < 1.29 is 28.6 Å². The molecule has 0 spiro atoms. The van der Waals surface area contributed by atoms with Gasteiger partial charge in [0.25, 0.3) is 0 Å². The Kier molecular flexibility index (Phi) is 63.7. The van der Waals surface area contributed by atoms with E-state index < -0.39 is 6.10 Å². The van der Waals surface area contributed by atoms with Crippen LogP contribution >= 0.6 is 0 Å². The molecule has 0 saturated carbocycles. The molecular weight excluding hydrogens is 973 g/mol. The van der Waals surface area contributed by atoms with Gasteiger partial charge in [0.1, 0.15) is 13.2 Å². The molecule has 0 fully saturated rings. The van der Waals surface area contributed by atoms with E-state index in [1.807, 2.05) is 0 Å². The molecule has 0 bridgehead atoms. The highest BCUT2D eigenvalue weighted by Crippen LogP contribution is 2.17. The zero-order chi connectivity index (χ0) is 57.1. The average molecular weight is 1100 g/mol.